The molecule has 2 aliphatic rings. The molecule has 5 aromatic rings. The van der Waals surface area contributed by atoms with Gasteiger partial charge in [-0.2, -0.15) is 0 Å². The summed E-state index contributed by atoms with van der Waals surface area (Å²) in [6, 6.07) is 34.4. The van der Waals surface area contributed by atoms with Crippen LogP contribution >= 0.6 is 12.6 Å². The number of fused-ring (bicyclic) bond motifs is 2. The van der Waals surface area contributed by atoms with Crippen molar-refractivity contribution in [3.63, 3.8) is 0 Å². The van der Waals surface area contributed by atoms with Gasteiger partial charge < -0.3 is 31.1 Å². The van der Waals surface area contributed by atoms with Crippen LogP contribution in [0, 0.1) is 6.92 Å². The van der Waals surface area contributed by atoms with Crippen molar-refractivity contribution in [1.29, 1.82) is 0 Å². The normalized spacial score (nSPS) is 16.9. The quantitative estimate of drug-likeness (QED) is 0.159. The van der Waals surface area contributed by atoms with Crippen molar-refractivity contribution >= 4 is 41.4 Å². The van der Waals surface area contributed by atoms with Crippen molar-refractivity contribution in [1.82, 2.24) is 30.1 Å². The number of hydrogen-bond donors (Lipinski definition) is 3. The Morgan fingerprint density at radius 2 is 1.58 bits per heavy atom. The van der Waals surface area contributed by atoms with E-state index in [1.165, 1.54) is 5.56 Å². The maximum Gasteiger partial charge on any atom is 0.334 e. The molecule has 7 rings (SSSR count). The second-order valence-electron chi connectivity index (χ2n) is 12.5. The smallest absolute Gasteiger partial charge is 0.334 e. The van der Waals surface area contributed by atoms with Crippen LogP contribution in [0.2, 0.25) is 0 Å². The molecule has 52 heavy (non-hydrogen) atoms. The molecule has 1 aromatic heterocycles. The van der Waals surface area contributed by atoms with Crippen molar-refractivity contribution in [2.24, 2.45) is 0 Å². The number of amides is 4. The molecular formula is C40H46N6O5S. The average molecular weight is 723 g/mol. The van der Waals surface area contributed by atoms with E-state index in [4.69, 9.17) is 0 Å². The molecule has 11 nitrogen and oxygen atoms in total. The number of nitrogens with zero attached hydrogens (tertiary/aromatic N) is 4. The molecule has 2 fully saturated rings. The molecule has 6 N–H and O–H groups in total. The average Bonchev–Trinajstić information content (AvgIpc) is 3.62. The third-order valence-electron chi connectivity index (χ3n) is 9.01. The zero-order chi connectivity index (χ0) is 35.0. The van der Waals surface area contributed by atoms with Gasteiger partial charge >= 0.3 is 6.03 Å². The molecule has 0 aliphatic carbocycles. The highest BCUT2D eigenvalue weighted by Crippen LogP contribution is 2.30. The predicted molar refractivity (Wildman–Crippen MR) is 206 cm³/mol. The van der Waals surface area contributed by atoms with Gasteiger partial charge in [0, 0.05) is 37.1 Å². The monoisotopic (exact) mass is 722 g/mol. The van der Waals surface area contributed by atoms with E-state index >= 15 is 0 Å². The highest BCUT2D eigenvalue weighted by molar-refractivity contribution is 7.80. The number of H-pyrrole nitrogens is 1. The van der Waals surface area contributed by atoms with Gasteiger partial charge in [-0.15, -0.1) is 19.2 Å². The van der Waals surface area contributed by atoms with Crippen LogP contribution in [0.5, 0.6) is 0 Å². The minimum atomic E-state index is -0.753. The van der Waals surface area contributed by atoms with E-state index in [1.807, 2.05) is 115 Å². The van der Waals surface area contributed by atoms with Gasteiger partial charge in [-0.25, -0.2) is 14.8 Å². The summed E-state index contributed by atoms with van der Waals surface area (Å²) in [6.07, 6.45) is 3.24. The molecule has 3 heterocycles. The fourth-order valence-electron chi connectivity index (χ4n) is 6.57. The number of carbonyl (C=O) groups excluding carboxylic acids is 3. The first-order valence-corrected chi connectivity index (χ1v) is 17.2. The van der Waals surface area contributed by atoms with Gasteiger partial charge in [0.05, 0.1) is 18.6 Å². The molecule has 0 radical (unpaired) electrons. The Bertz CT molecular complexity index is 1920. The number of hydrazine groups is 1. The van der Waals surface area contributed by atoms with Gasteiger partial charge in [-0.05, 0) is 47.2 Å². The molecular weight excluding hydrogens is 677 g/mol. The maximum absolute atomic E-state index is 14.2. The number of aryl methyl sites for hydroxylation is 1. The number of rotatable bonds is 8. The van der Waals surface area contributed by atoms with Gasteiger partial charge in [-0.3, -0.25) is 9.59 Å². The summed E-state index contributed by atoms with van der Waals surface area (Å²) in [4.78, 5) is 49.5. The Hall–Kier alpha value is -5.40. The summed E-state index contributed by atoms with van der Waals surface area (Å²) < 4.78 is 0. The van der Waals surface area contributed by atoms with Crippen LogP contribution in [0.1, 0.15) is 22.3 Å². The van der Waals surface area contributed by atoms with E-state index in [9.17, 15) is 14.4 Å². The Kier molecular flexibility index (Phi) is 13.8. The predicted octanol–water partition coefficient (Wildman–Crippen LogP) is 4.54. The minimum Gasteiger partial charge on any atom is -0.412 e. The zero-order valence-electron chi connectivity index (χ0n) is 29.1. The van der Waals surface area contributed by atoms with E-state index in [0.29, 0.717) is 26.1 Å². The fourth-order valence-corrected chi connectivity index (χ4v) is 6.72. The minimum absolute atomic E-state index is 0. The fraction of sp³-hybridized carbons (Fsp3) is 0.225. The summed E-state index contributed by atoms with van der Waals surface area (Å²) in [6.45, 7) is 7.07. The number of aromatic nitrogens is 1. The molecule has 0 spiro atoms. The van der Waals surface area contributed by atoms with Crippen molar-refractivity contribution < 1.29 is 25.3 Å². The highest BCUT2D eigenvalue weighted by atomic mass is 32.1. The summed E-state index contributed by atoms with van der Waals surface area (Å²) in [5.41, 5.74) is 5.14. The van der Waals surface area contributed by atoms with Crippen LogP contribution < -0.4 is 5.32 Å². The van der Waals surface area contributed by atoms with Gasteiger partial charge in [-0.1, -0.05) is 103 Å². The summed E-state index contributed by atoms with van der Waals surface area (Å²) in [5, 5.41) is 7.42. The van der Waals surface area contributed by atoms with Gasteiger partial charge in [0.1, 0.15) is 12.2 Å². The van der Waals surface area contributed by atoms with E-state index in [1.54, 1.807) is 25.9 Å². The molecule has 4 aromatic carbocycles. The van der Waals surface area contributed by atoms with Crippen LogP contribution in [0.15, 0.2) is 133 Å². The Balaban J connectivity index is 0.000000537. The number of piperazine rings is 1. The lowest BCUT2D eigenvalue weighted by Gasteiger charge is -2.55. The van der Waals surface area contributed by atoms with E-state index in [-0.39, 0.29) is 41.9 Å². The second kappa shape index (κ2) is 18.2. The standard InChI is InChI=1S/C33H34N6O3.C7H8S.2H2O/c1-2-18-37-23-30(40)38-28(19-24-10-5-3-6-11-24)32(41)36(21-27-15-9-14-26-16-17-34-31(26)27)22-29(38)39(37)33(42)35-20-25-12-7-4-8-13-25;1-6-2-4-7(8)5-3-6;;/h2-17,28-29,34H,1,18-23H2,(H,35,42);2-5,8H,1H3;2*1H2/t28-,29-;;;/m0.../s1. The number of nitrogens with one attached hydrogen (secondary N) is 2. The summed E-state index contributed by atoms with van der Waals surface area (Å²) in [5.74, 6) is -0.316. The first-order valence-electron chi connectivity index (χ1n) is 16.7. The Morgan fingerprint density at radius 1 is 0.904 bits per heavy atom. The molecule has 2 aliphatic heterocycles. The number of benzene rings is 4. The number of thiol groups is 1. The SMILES string of the molecule is C=CCN1CC(=O)N2[C@@H](Cc3ccccc3)C(=O)N(Cc3cccc4cc[nH]c34)C[C@@H]2N1C(=O)NCc1ccccc1.Cc1ccc(S)cc1.O.O. The molecule has 0 unspecified atom stereocenters. The van der Waals surface area contributed by atoms with Crippen LogP contribution in [0.3, 0.4) is 0 Å². The lowest BCUT2D eigenvalue weighted by atomic mass is 9.98. The van der Waals surface area contributed by atoms with Gasteiger partial charge in [0.25, 0.3) is 0 Å². The van der Waals surface area contributed by atoms with Crippen molar-refractivity contribution in [3.8, 4) is 0 Å². The van der Waals surface area contributed by atoms with Crippen LogP contribution in [0.25, 0.3) is 10.9 Å². The first kappa shape index (κ1) is 39.4. The third-order valence-corrected chi connectivity index (χ3v) is 9.30. The van der Waals surface area contributed by atoms with Crippen LogP contribution in [-0.2, 0) is 29.1 Å². The van der Waals surface area contributed by atoms with Gasteiger partial charge in [0.2, 0.25) is 11.8 Å². The highest BCUT2D eigenvalue weighted by Gasteiger charge is 2.51. The molecule has 0 saturated carbocycles. The Labute approximate surface area is 309 Å². The molecule has 2 saturated heterocycles. The molecule has 2 atom stereocenters. The lowest BCUT2D eigenvalue weighted by Crippen LogP contribution is -2.76. The Morgan fingerprint density at radius 3 is 2.23 bits per heavy atom. The molecule has 0 bridgehead atoms. The number of carbonyl (C=O) groups is 3. The summed E-state index contributed by atoms with van der Waals surface area (Å²) in [7, 11) is 0. The maximum atomic E-state index is 14.2. The summed E-state index contributed by atoms with van der Waals surface area (Å²) >= 11 is 4.13. The number of urea groups is 1. The van der Waals surface area contributed by atoms with Crippen molar-refractivity contribution in [3.05, 3.63) is 150 Å². The first-order chi connectivity index (χ1) is 24.3. The molecule has 4 amide bonds. The van der Waals surface area contributed by atoms with E-state index < -0.39 is 12.2 Å². The van der Waals surface area contributed by atoms with Crippen LogP contribution in [0.4, 0.5) is 4.79 Å². The number of hydrogen-bond acceptors (Lipinski definition) is 5. The molecule has 272 valence electrons. The lowest BCUT2D eigenvalue weighted by molar-refractivity contribution is -0.189. The van der Waals surface area contributed by atoms with E-state index in [0.717, 1.165) is 32.5 Å². The van der Waals surface area contributed by atoms with Gasteiger partial charge in [0.15, 0.2) is 0 Å². The molecule has 12 heteroatoms. The topological polar surface area (TPSA) is 155 Å². The van der Waals surface area contributed by atoms with Crippen LogP contribution in [-0.4, -0.2) is 85.4 Å². The zero-order valence-corrected chi connectivity index (χ0v) is 30.0. The number of para-hydroxylation sites is 1. The third kappa shape index (κ3) is 9.09. The largest absolute Gasteiger partial charge is 0.412 e. The van der Waals surface area contributed by atoms with E-state index in [2.05, 4.69) is 36.4 Å². The van der Waals surface area contributed by atoms with Crippen molar-refractivity contribution in [2.75, 3.05) is 19.6 Å². The second-order valence-corrected chi connectivity index (χ2v) is 13.0. The number of aromatic amines is 1. The van der Waals surface area contributed by atoms with Crippen molar-refractivity contribution in [2.45, 2.75) is 43.5 Å².